The number of hydrogen-bond acceptors (Lipinski definition) is 4. The van der Waals surface area contributed by atoms with E-state index in [0.717, 1.165) is 5.69 Å². The van der Waals surface area contributed by atoms with Crippen LogP contribution in [0.4, 0.5) is 11.4 Å². The van der Waals surface area contributed by atoms with Crippen molar-refractivity contribution >= 4 is 34.8 Å². The van der Waals surface area contributed by atoms with Crippen molar-refractivity contribution in [1.29, 1.82) is 0 Å². The molecule has 1 N–H and O–H groups in total. The van der Waals surface area contributed by atoms with Crippen molar-refractivity contribution in [3.63, 3.8) is 0 Å². The van der Waals surface area contributed by atoms with Crippen LogP contribution >= 0.6 is 11.6 Å². The molecule has 7 heteroatoms. The molecule has 30 heavy (non-hydrogen) atoms. The number of hydrogen-bond donors (Lipinski definition) is 1. The van der Waals surface area contributed by atoms with Crippen molar-refractivity contribution in [3.8, 4) is 5.75 Å². The molecule has 0 aliphatic carbocycles. The summed E-state index contributed by atoms with van der Waals surface area (Å²) in [5, 5.41) is 3.52. The Morgan fingerprint density at radius 3 is 2.37 bits per heavy atom. The highest BCUT2D eigenvalue weighted by Crippen LogP contribution is 2.31. The first-order valence-corrected chi connectivity index (χ1v) is 10.6. The molecule has 1 aliphatic heterocycles. The third-order valence-electron chi connectivity index (χ3n) is 5.15. The molecule has 1 heterocycles. The number of amides is 2. The molecule has 0 spiro atoms. The second-order valence-corrected chi connectivity index (χ2v) is 8.20. The highest BCUT2D eigenvalue weighted by atomic mass is 35.5. The van der Waals surface area contributed by atoms with Crippen molar-refractivity contribution in [2.75, 3.05) is 36.4 Å². The Labute approximate surface area is 182 Å². The minimum atomic E-state index is -1.08. The van der Waals surface area contributed by atoms with Gasteiger partial charge in [-0.3, -0.25) is 9.59 Å². The average Bonchev–Trinajstić information content (AvgIpc) is 2.74. The lowest BCUT2D eigenvalue weighted by molar-refractivity contribution is -0.131. The maximum atomic E-state index is 13.0. The second kappa shape index (κ2) is 9.39. The van der Waals surface area contributed by atoms with Gasteiger partial charge in [0.25, 0.3) is 5.91 Å². The SMILES string of the molecule is CCC(=O)N1CCN(c2ccc(Cl)cc2NC(=O)C(C)(C)Oc2ccccc2)CC1. The van der Waals surface area contributed by atoms with Crippen LogP contribution in [0, 0.1) is 0 Å². The van der Waals surface area contributed by atoms with Crippen molar-refractivity contribution in [2.24, 2.45) is 0 Å². The first-order valence-electron chi connectivity index (χ1n) is 10.2. The van der Waals surface area contributed by atoms with E-state index in [4.69, 9.17) is 16.3 Å². The van der Waals surface area contributed by atoms with Gasteiger partial charge in [-0.05, 0) is 44.2 Å². The van der Waals surface area contributed by atoms with Gasteiger partial charge in [-0.1, -0.05) is 36.7 Å². The minimum Gasteiger partial charge on any atom is -0.478 e. The third-order valence-corrected chi connectivity index (χ3v) is 5.38. The van der Waals surface area contributed by atoms with Crippen molar-refractivity contribution < 1.29 is 14.3 Å². The summed E-state index contributed by atoms with van der Waals surface area (Å²) in [4.78, 5) is 29.0. The number of carbonyl (C=O) groups excluding carboxylic acids is 2. The first-order chi connectivity index (χ1) is 14.3. The molecule has 2 aromatic rings. The standard InChI is InChI=1S/C23H28ClN3O3/c1-4-21(28)27-14-12-26(13-15-27)20-11-10-17(24)16-19(20)25-22(29)23(2,3)30-18-8-6-5-7-9-18/h5-11,16H,4,12-15H2,1-3H3,(H,25,29). The van der Waals surface area contributed by atoms with E-state index < -0.39 is 5.60 Å². The zero-order valence-corrected chi connectivity index (χ0v) is 18.4. The highest BCUT2D eigenvalue weighted by Gasteiger charge is 2.31. The summed E-state index contributed by atoms with van der Waals surface area (Å²) < 4.78 is 5.90. The molecule has 0 unspecified atom stereocenters. The van der Waals surface area contributed by atoms with E-state index in [-0.39, 0.29) is 11.8 Å². The molecule has 0 atom stereocenters. The van der Waals surface area contributed by atoms with Crippen molar-refractivity contribution in [2.45, 2.75) is 32.8 Å². The van der Waals surface area contributed by atoms with Gasteiger partial charge >= 0.3 is 0 Å². The van der Waals surface area contributed by atoms with Gasteiger partial charge in [0.05, 0.1) is 11.4 Å². The Hall–Kier alpha value is -2.73. The van der Waals surface area contributed by atoms with Gasteiger partial charge in [0.15, 0.2) is 5.60 Å². The van der Waals surface area contributed by atoms with Crippen LogP contribution in [0.5, 0.6) is 5.75 Å². The summed E-state index contributed by atoms with van der Waals surface area (Å²) in [6, 6.07) is 14.7. The second-order valence-electron chi connectivity index (χ2n) is 7.76. The lowest BCUT2D eigenvalue weighted by Crippen LogP contribution is -2.49. The van der Waals surface area contributed by atoms with E-state index in [2.05, 4.69) is 10.2 Å². The van der Waals surface area contributed by atoms with Crippen molar-refractivity contribution in [3.05, 3.63) is 53.6 Å². The summed E-state index contributed by atoms with van der Waals surface area (Å²) in [5.41, 5.74) is 0.437. The lowest BCUT2D eigenvalue weighted by Gasteiger charge is -2.37. The highest BCUT2D eigenvalue weighted by molar-refractivity contribution is 6.31. The summed E-state index contributed by atoms with van der Waals surface area (Å²) in [7, 11) is 0. The molecule has 3 rings (SSSR count). The van der Waals surface area contributed by atoms with Crippen LogP contribution in [0.2, 0.25) is 5.02 Å². The Bertz CT molecular complexity index is 894. The van der Waals surface area contributed by atoms with E-state index in [0.29, 0.717) is 49.1 Å². The number of nitrogens with zero attached hydrogens (tertiary/aromatic N) is 2. The number of anilines is 2. The Morgan fingerprint density at radius 2 is 1.73 bits per heavy atom. The van der Waals surface area contributed by atoms with Crippen LogP contribution in [0.25, 0.3) is 0 Å². The Kier molecular flexibility index (Phi) is 6.87. The predicted molar refractivity (Wildman–Crippen MR) is 120 cm³/mol. The van der Waals surface area contributed by atoms with E-state index in [1.165, 1.54) is 0 Å². The first kappa shape index (κ1) is 22.0. The number of piperazine rings is 1. The smallest absolute Gasteiger partial charge is 0.268 e. The van der Waals surface area contributed by atoms with Gasteiger partial charge in [0.1, 0.15) is 5.75 Å². The third kappa shape index (κ3) is 5.25. The molecule has 1 saturated heterocycles. The largest absolute Gasteiger partial charge is 0.478 e. The Balaban J connectivity index is 1.74. The fraction of sp³-hybridized carbons (Fsp3) is 0.391. The van der Waals surface area contributed by atoms with Gasteiger partial charge < -0.3 is 19.9 Å². The maximum absolute atomic E-state index is 13.0. The molecule has 160 valence electrons. The molecule has 0 aromatic heterocycles. The van der Waals surface area contributed by atoms with Gasteiger partial charge in [-0.25, -0.2) is 0 Å². The average molecular weight is 430 g/mol. The number of benzene rings is 2. The number of ether oxygens (including phenoxy) is 1. The maximum Gasteiger partial charge on any atom is 0.268 e. The van der Waals surface area contributed by atoms with E-state index in [9.17, 15) is 9.59 Å². The fourth-order valence-electron chi connectivity index (χ4n) is 3.41. The monoisotopic (exact) mass is 429 g/mol. The molecule has 2 amide bonds. The number of carbonyl (C=O) groups is 2. The molecule has 6 nitrogen and oxygen atoms in total. The molecular formula is C23H28ClN3O3. The molecule has 2 aromatic carbocycles. The topological polar surface area (TPSA) is 61.9 Å². The van der Waals surface area contributed by atoms with E-state index in [1.54, 1.807) is 19.9 Å². The Morgan fingerprint density at radius 1 is 1.07 bits per heavy atom. The molecule has 1 aliphatic rings. The summed E-state index contributed by atoms with van der Waals surface area (Å²) in [5.74, 6) is 0.523. The molecule has 1 fully saturated rings. The molecular weight excluding hydrogens is 402 g/mol. The summed E-state index contributed by atoms with van der Waals surface area (Å²) in [6.07, 6.45) is 0.513. The van der Waals surface area contributed by atoms with Gasteiger partial charge in [-0.2, -0.15) is 0 Å². The number of rotatable bonds is 6. The summed E-state index contributed by atoms with van der Waals surface area (Å²) >= 11 is 6.21. The van der Waals surface area contributed by atoms with Crippen molar-refractivity contribution in [1.82, 2.24) is 4.90 Å². The minimum absolute atomic E-state index is 0.166. The van der Waals surface area contributed by atoms with E-state index >= 15 is 0 Å². The van der Waals surface area contributed by atoms with Crippen LogP contribution in [-0.2, 0) is 9.59 Å². The van der Waals surface area contributed by atoms with Gasteiger partial charge in [0, 0.05) is 37.6 Å². The fourth-order valence-corrected chi connectivity index (χ4v) is 3.58. The number of nitrogens with one attached hydrogen (secondary N) is 1. The van der Waals surface area contributed by atoms with Crippen LogP contribution in [0.3, 0.4) is 0 Å². The van der Waals surface area contributed by atoms with Crippen LogP contribution in [-0.4, -0.2) is 48.5 Å². The van der Waals surface area contributed by atoms with Crippen LogP contribution < -0.4 is 15.0 Å². The molecule has 0 radical (unpaired) electrons. The quantitative estimate of drug-likeness (QED) is 0.747. The van der Waals surface area contributed by atoms with Gasteiger partial charge in [0.2, 0.25) is 5.91 Å². The lowest BCUT2D eigenvalue weighted by atomic mass is 10.1. The normalized spacial score (nSPS) is 14.4. The summed E-state index contributed by atoms with van der Waals surface area (Å²) in [6.45, 7) is 8.04. The number of para-hydroxylation sites is 1. The zero-order chi connectivity index (χ0) is 21.7. The van der Waals surface area contributed by atoms with E-state index in [1.807, 2.05) is 54.3 Å². The predicted octanol–water partition coefficient (Wildman–Crippen LogP) is 4.19. The van der Waals surface area contributed by atoms with Gasteiger partial charge in [-0.15, -0.1) is 0 Å². The molecule has 0 bridgehead atoms. The number of halogens is 1. The van der Waals surface area contributed by atoms with Crippen LogP contribution in [0.15, 0.2) is 48.5 Å². The zero-order valence-electron chi connectivity index (χ0n) is 17.7. The molecule has 0 saturated carbocycles. The van der Waals surface area contributed by atoms with Crippen LogP contribution in [0.1, 0.15) is 27.2 Å².